The van der Waals surface area contributed by atoms with Gasteiger partial charge in [-0.15, -0.1) is 0 Å². The highest BCUT2D eigenvalue weighted by Crippen LogP contribution is 2.42. The quantitative estimate of drug-likeness (QED) is 0.481. The molecule has 0 spiro atoms. The van der Waals surface area contributed by atoms with E-state index in [9.17, 15) is 19.8 Å². The van der Waals surface area contributed by atoms with Crippen molar-refractivity contribution in [3.8, 4) is 0 Å². The number of rotatable bonds is 9. The lowest BCUT2D eigenvalue weighted by Gasteiger charge is -2.40. The van der Waals surface area contributed by atoms with Crippen molar-refractivity contribution >= 4 is 20.2 Å². The van der Waals surface area contributed by atoms with Crippen LogP contribution in [0.4, 0.5) is 10.6 Å². The number of aliphatic hydroxyl groups excluding tert-OH is 2. The molecule has 1 saturated heterocycles. The number of ether oxygens (including phenoxy) is 2. The average Bonchev–Trinajstić information content (AvgIpc) is 2.95. The molecule has 1 fully saturated rings. The first-order chi connectivity index (χ1) is 14.4. The number of hydrogen-bond acceptors (Lipinski definition) is 8. The lowest BCUT2D eigenvalue weighted by atomic mass is 10.1. The maximum Gasteiger partial charge on any atom is 0.412 e. The minimum Gasteiger partial charge on any atom is -0.450 e. The van der Waals surface area contributed by atoms with Gasteiger partial charge in [-0.05, 0) is 37.5 Å². The fourth-order valence-corrected chi connectivity index (χ4v) is 5.28. The molecule has 0 bridgehead atoms. The normalized spacial score (nSPS) is 24.3. The summed E-state index contributed by atoms with van der Waals surface area (Å²) in [5.74, 6) is 0.0125. The summed E-state index contributed by atoms with van der Waals surface area (Å²) in [6.07, 6.45) is -1.76. The van der Waals surface area contributed by atoms with E-state index in [1.165, 1.54) is 12.3 Å². The second-order valence-electron chi connectivity index (χ2n) is 8.85. The number of carbonyl (C=O) groups is 1. The molecule has 1 aliphatic rings. The van der Waals surface area contributed by atoms with Gasteiger partial charge in [0.1, 0.15) is 24.1 Å². The molecule has 1 aliphatic heterocycles. The molecular weight excluding hydrogens is 422 g/mol. The first kappa shape index (κ1) is 25.5. The lowest BCUT2D eigenvalue weighted by molar-refractivity contribution is -0.0531. The summed E-state index contributed by atoms with van der Waals surface area (Å²) < 4.78 is 17.8. The van der Waals surface area contributed by atoms with Gasteiger partial charge in [-0.3, -0.25) is 9.88 Å². The van der Waals surface area contributed by atoms with Crippen molar-refractivity contribution < 1.29 is 28.9 Å². The monoisotopic (exact) mass is 457 g/mol. The molecule has 0 unspecified atom stereocenters. The molecule has 10 nitrogen and oxygen atoms in total. The van der Waals surface area contributed by atoms with E-state index in [1.54, 1.807) is 6.92 Å². The summed E-state index contributed by atoms with van der Waals surface area (Å²) in [6, 6.07) is 1.38. The number of nitrogens with zero attached hydrogens (tertiary/aromatic N) is 2. The zero-order valence-corrected chi connectivity index (χ0v) is 20.1. The van der Waals surface area contributed by atoms with Crippen LogP contribution in [0.3, 0.4) is 0 Å². The summed E-state index contributed by atoms with van der Waals surface area (Å²) in [5, 5.41) is 23.3. The molecule has 1 aromatic rings. The van der Waals surface area contributed by atoms with Gasteiger partial charge >= 0.3 is 11.8 Å². The summed E-state index contributed by atoms with van der Waals surface area (Å²) >= 11 is 0. The maximum atomic E-state index is 12.4. The van der Waals surface area contributed by atoms with E-state index in [2.05, 4.69) is 44.2 Å². The van der Waals surface area contributed by atoms with E-state index in [1.807, 2.05) is 0 Å². The maximum absolute atomic E-state index is 12.4. The zero-order chi connectivity index (χ0) is 23.4. The second-order valence-corrected chi connectivity index (χ2v) is 13.5. The fraction of sp³-hybridized carbons (Fsp3) is 0.750. The molecule has 11 heteroatoms. The average molecular weight is 458 g/mol. The molecule has 0 saturated carbocycles. The molecule has 0 aromatic carbocycles. The van der Waals surface area contributed by atoms with Crippen molar-refractivity contribution in [1.29, 1.82) is 0 Å². The molecular formula is C20H35N3O7Si. The summed E-state index contributed by atoms with van der Waals surface area (Å²) in [7, 11) is -2.12. The third-order valence-electron chi connectivity index (χ3n) is 6.06. The van der Waals surface area contributed by atoms with Crippen molar-refractivity contribution in [2.24, 2.45) is 0 Å². The molecule has 176 valence electrons. The largest absolute Gasteiger partial charge is 0.450 e. The number of amides is 1. The van der Waals surface area contributed by atoms with E-state index in [0.717, 1.165) is 17.4 Å². The van der Waals surface area contributed by atoms with Gasteiger partial charge in [-0.1, -0.05) is 27.2 Å². The van der Waals surface area contributed by atoms with Crippen molar-refractivity contribution in [3.05, 3.63) is 22.7 Å². The van der Waals surface area contributed by atoms with Crippen LogP contribution in [0.2, 0.25) is 18.1 Å². The van der Waals surface area contributed by atoms with Crippen LogP contribution >= 0.6 is 0 Å². The van der Waals surface area contributed by atoms with E-state index in [-0.39, 0.29) is 24.1 Å². The van der Waals surface area contributed by atoms with E-state index >= 15 is 0 Å². The zero-order valence-electron chi connectivity index (χ0n) is 19.1. The predicted octanol–water partition coefficient (Wildman–Crippen LogP) is 2.23. The second kappa shape index (κ2) is 10.2. The van der Waals surface area contributed by atoms with Crippen molar-refractivity contribution in [2.45, 2.75) is 83.2 Å². The van der Waals surface area contributed by atoms with Gasteiger partial charge in [0.15, 0.2) is 14.5 Å². The molecule has 31 heavy (non-hydrogen) atoms. The molecule has 1 aromatic heterocycles. The molecule has 2 heterocycles. The highest BCUT2D eigenvalue weighted by molar-refractivity contribution is 6.74. The van der Waals surface area contributed by atoms with E-state index in [4.69, 9.17) is 13.9 Å². The van der Waals surface area contributed by atoms with Crippen molar-refractivity contribution in [2.75, 3.05) is 18.5 Å². The van der Waals surface area contributed by atoms with Crippen LogP contribution in [0.15, 0.2) is 17.1 Å². The fourth-order valence-electron chi connectivity index (χ4n) is 3.46. The predicted molar refractivity (Wildman–Crippen MR) is 117 cm³/mol. The molecule has 1 amide bonds. The molecule has 0 aliphatic carbocycles. The molecule has 4 atom stereocenters. The van der Waals surface area contributed by atoms with Gasteiger partial charge in [0.25, 0.3) is 0 Å². The number of aliphatic hydroxyl groups is 2. The minimum absolute atomic E-state index is 0.0125. The summed E-state index contributed by atoms with van der Waals surface area (Å²) in [5.41, 5.74) is -0.745. The van der Waals surface area contributed by atoms with Crippen molar-refractivity contribution in [3.63, 3.8) is 0 Å². The topological polar surface area (TPSA) is 132 Å². The molecule has 3 N–H and O–H groups in total. The third kappa shape index (κ3) is 5.92. The van der Waals surface area contributed by atoms with Crippen LogP contribution in [-0.4, -0.2) is 65.7 Å². The first-order valence-electron chi connectivity index (χ1n) is 10.6. The van der Waals surface area contributed by atoms with Gasteiger partial charge in [0.05, 0.1) is 13.2 Å². The van der Waals surface area contributed by atoms with Gasteiger partial charge in [0.2, 0.25) is 0 Å². The number of carbonyl (C=O) groups excluding carboxylic acids is 1. The van der Waals surface area contributed by atoms with Gasteiger partial charge < -0.3 is 24.1 Å². The van der Waals surface area contributed by atoms with Crippen LogP contribution in [-0.2, 0) is 13.9 Å². The van der Waals surface area contributed by atoms with Crippen LogP contribution in [0.25, 0.3) is 0 Å². The standard InChI is InChI=1S/C20H35N3O7Si/c1-7-10-20(3,4)31(5,6)29-12-13-15(24)16(25)17(30-13)23-11-9-14(21-18(23)26)22-19(27)28-8-2/h9,11,13,15-17,24-25H,7-8,10,12H2,1-6H3,(H,21,22,26,27)/t13-,15-,16-,17-/m1/s1. The number of nitrogens with one attached hydrogen (secondary N) is 1. The van der Waals surface area contributed by atoms with Crippen molar-refractivity contribution in [1.82, 2.24) is 9.55 Å². The van der Waals surface area contributed by atoms with Gasteiger partial charge in [-0.2, -0.15) is 4.98 Å². The summed E-state index contributed by atoms with van der Waals surface area (Å²) in [6.45, 7) is 12.7. The smallest absolute Gasteiger partial charge is 0.412 e. The SMILES string of the molecule is CCCC(C)(C)[Si](C)(C)OC[C@H]1O[C@@H](n2ccc(NC(=O)OCC)nc2=O)[C@H](O)[C@@H]1O. The van der Waals surface area contributed by atoms with E-state index < -0.39 is 44.6 Å². The number of anilines is 1. The van der Waals surface area contributed by atoms with Crippen LogP contribution < -0.4 is 11.0 Å². The Morgan fingerprint density at radius 3 is 2.58 bits per heavy atom. The first-order valence-corrected chi connectivity index (χ1v) is 13.5. The Labute approximate surface area is 183 Å². The molecule has 0 radical (unpaired) electrons. The Hall–Kier alpha value is -1.79. The number of aromatic nitrogens is 2. The lowest BCUT2D eigenvalue weighted by Crippen LogP contribution is -2.45. The van der Waals surface area contributed by atoms with Gasteiger partial charge in [0, 0.05) is 6.20 Å². The van der Waals surface area contributed by atoms with Crippen LogP contribution in [0.1, 0.15) is 46.8 Å². The minimum atomic E-state index is -2.12. The van der Waals surface area contributed by atoms with Crippen LogP contribution in [0.5, 0.6) is 0 Å². The van der Waals surface area contributed by atoms with E-state index in [0.29, 0.717) is 0 Å². The Balaban J connectivity index is 2.08. The Bertz CT molecular complexity index is 814. The highest BCUT2D eigenvalue weighted by Gasteiger charge is 2.46. The number of hydrogen-bond donors (Lipinski definition) is 3. The Kier molecular flexibility index (Phi) is 8.39. The molecule has 2 rings (SSSR count). The third-order valence-corrected chi connectivity index (χ3v) is 10.5. The Morgan fingerprint density at radius 1 is 1.32 bits per heavy atom. The Morgan fingerprint density at radius 2 is 2.00 bits per heavy atom. The van der Waals surface area contributed by atoms with Crippen LogP contribution in [0, 0.1) is 0 Å². The highest BCUT2D eigenvalue weighted by atomic mass is 28.4. The summed E-state index contributed by atoms with van der Waals surface area (Å²) in [4.78, 5) is 27.6. The van der Waals surface area contributed by atoms with Gasteiger partial charge in [-0.25, -0.2) is 9.59 Å².